The van der Waals surface area contributed by atoms with Crippen molar-refractivity contribution in [2.45, 2.75) is 57.7 Å². The van der Waals surface area contributed by atoms with Crippen LogP contribution < -0.4 is 19.7 Å². The summed E-state index contributed by atoms with van der Waals surface area (Å²) in [5, 5.41) is 16.2. The first-order chi connectivity index (χ1) is 20.4. The highest BCUT2D eigenvalue weighted by Crippen LogP contribution is 2.44. The normalized spacial score (nSPS) is 18.7. The van der Waals surface area contributed by atoms with Crippen molar-refractivity contribution < 1.29 is 14.4 Å². The smallest absolute Gasteiger partial charge is 0.296 e. The topological polar surface area (TPSA) is 94.7 Å². The van der Waals surface area contributed by atoms with Crippen LogP contribution in [0.25, 0.3) is 5.69 Å². The second-order valence-electron chi connectivity index (χ2n) is 10.8. The number of benzene rings is 2. The van der Waals surface area contributed by atoms with E-state index in [-0.39, 0.29) is 28.8 Å². The molecule has 1 aliphatic carbocycles. The molecule has 42 heavy (non-hydrogen) atoms. The SMILES string of the molecule is COc1ccc(-n2c(C)cc([C@@H]3[C@@H](c4ccccn4)NC(=S)N3c3ccc(OC4CCCC4)cc3)c2C)c([N+](=O)[O-])c1. The Bertz CT molecular complexity index is 1620. The Balaban J connectivity index is 1.44. The largest absolute Gasteiger partial charge is 0.496 e. The molecule has 0 radical (unpaired) electrons. The average Bonchev–Trinajstić information content (AvgIpc) is 3.71. The van der Waals surface area contributed by atoms with Crippen LogP contribution in [0.1, 0.15) is 60.4 Å². The molecule has 6 rings (SSSR count). The number of aryl methyl sites for hydroxylation is 1. The van der Waals surface area contributed by atoms with Gasteiger partial charge in [-0.2, -0.15) is 0 Å². The molecule has 2 fully saturated rings. The van der Waals surface area contributed by atoms with Gasteiger partial charge in [-0.25, -0.2) is 0 Å². The van der Waals surface area contributed by atoms with E-state index in [1.54, 1.807) is 18.3 Å². The van der Waals surface area contributed by atoms with E-state index in [9.17, 15) is 10.1 Å². The monoisotopic (exact) mass is 583 g/mol. The minimum atomic E-state index is -0.374. The summed E-state index contributed by atoms with van der Waals surface area (Å²) in [6.07, 6.45) is 6.67. The van der Waals surface area contributed by atoms with Crippen LogP contribution in [0.2, 0.25) is 0 Å². The van der Waals surface area contributed by atoms with Crippen LogP contribution in [0.4, 0.5) is 11.4 Å². The molecule has 9 nitrogen and oxygen atoms in total. The number of nitro groups is 1. The van der Waals surface area contributed by atoms with Gasteiger partial charge < -0.3 is 24.3 Å². The average molecular weight is 584 g/mol. The Kier molecular flexibility index (Phi) is 7.55. The van der Waals surface area contributed by atoms with Crippen molar-refractivity contribution in [3.8, 4) is 17.2 Å². The Labute approximate surface area is 250 Å². The predicted octanol–water partition coefficient (Wildman–Crippen LogP) is 6.90. The van der Waals surface area contributed by atoms with Gasteiger partial charge in [-0.1, -0.05) is 6.07 Å². The molecule has 1 N–H and O–H groups in total. The third-order valence-electron chi connectivity index (χ3n) is 8.23. The van der Waals surface area contributed by atoms with E-state index >= 15 is 0 Å². The molecule has 1 saturated carbocycles. The summed E-state index contributed by atoms with van der Waals surface area (Å²) in [4.78, 5) is 18.5. The summed E-state index contributed by atoms with van der Waals surface area (Å²) >= 11 is 5.93. The number of ether oxygens (including phenoxy) is 2. The summed E-state index contributed by atoms with van der Waals surface area (Å²) in [7, 11) is 1.50. The number of anilines is 1. The molecule has 1 aliphatic heterocycles. The van der Waals surface area contributed by atoms with Gasteiger partial charge >= 0.3 is 0 Å². The van der Waals surface area contributed by atoms with Gasteiger partial charge in [0.05, 0.1) is 42.0 Å². The molecule has 0 bridgehead atoms. The van der Waals surface area contributed by atoms with Crippen molar-refractivity contribution in [1.82, 2.24) is 14.9 Å². The number of aromatic nitrogens is 2. The second-order valence-corrected chi connectivity index (χ2v) is 11.2. The number of nitro benzene ring substituents is 1. The fourth-order valence-electron chi connectivity index (χ4n) is 6.26. The first-order valence-corrected chi connectivity index (χ1v) is 14.6. The maximum absolute atomic E-state index is 12.1. The van der Waals surface area contributed by atoms with Crippen molar-refractivity contribution in [1.29, 1.82) is 0 Å². The van der Waals surface area contributed by atoms with E-state index < -0.39 is 0 Å². The van der Waals surface area contributed by atoms with Crippen molar-refractivity contribution in [2.75, 3.05) is 12.0 Å². The minimum Gasteiger partial charge on any atom is -0.496 e. The molecule has 10 heteroatoms. The first-order valence-electron chi connectivity index (χ1n) is 14.1. The maximum Gasteiger partial charge on any atom is 0.296 e. The number of thiocarbonyl (C=S) groups is 1. The number of nitrogens with one attached hydrogen (secondary N) is 1. The highest BCUT2D eigenvalue weighted by molar-refractivity contribution is 7.80. The molecule has 3 heterocycles. The van der Waals surface area contributed by atoms with Crippen molar-refractivity contribution in [2.24, 2.45) is 0 Å². The zero-order valence-corrected chi connectivity index (χ0v) is 24.6. The van der Waals surface area contributed by atoms with Crippen molar-refractivity contribution >= 4 is 28.7 Å². The number of hydrogen-bond acceptors (Lipinski definition) is 6. The zero-order valence-electron chi connectivity index (χ0n) is 23.8. The van der Waals surface area contributed by atoms with Gasteiger partial charge in [0.25, 0.3) is 5.69 Å². The third-order valence-corrected chi connectivity index (χ3v) is 8.54. The summed E-state index contributed by atoms with van der Waals surface area (Å²) in [5.41, 5.74) is 4.97. The summed E-state index contributed by atoms with van der Waals surface area (Å²) < 4.78 is 13.4. The third kappa shape index (κ3) is 5.07. The van der Waals surface area contributed by atoms with Crippen LogP contribution in [0, 0.1) is 24.0 Å². The highest BCUT2D eigenvalue weighted by atomic mass is 32.1. The van der Waals surface area contributed by atoms with E-state index in [1.165, 1.54) is 26.0 Å². The number of nitrogens with zero attached hydrogens (tertiary/aromatic N) is 4. The molecule has 4 aromatic rings. The van der Waals surface area contributed by atoms with E-state index in [2.05, 4.69) is 21.3 Å². The lowest BCUT2D eigenvalue weighted by Gasteiger charge is -2.28. The molecule has 0 amide bonds. The van der Waals surface area contributed by atoms with Gasteiger partial charge in [0.15, 0.2) is 5.11 Å². The molecule has 2 aliphatic rings. The Morgan fingerprint density at radius 3 is 2.43 bits per heavy atom. The van der Waals surface area contributed by atoms with Crippen molar-refractivity contribution in [3.05, 3.63) is 106 Å². The lowest BCUT2D eigenvalue weighted by molar-refractivity contribution is -0.384. The van der Waals surface area contributed by atoms with Crippen LogP contribution in [-0.2, 0) is 0 Å². The van der Waals surface area contributed by atoms with Crippen LogP contribution in [0.3, 0.4) is 0 Å². The minimum absolute atomic E-state index is 0.0289. The van der Waals surface area contributed by atoms with Crippen molar-refractivity contribution in [3.63, 3.8) is 0 Å². The fourth-order valence-corrected chi connectivity index (χ4v) is 6.60. The maximum atomic E-state index is 12.1. The molecule has 2 atom stereocenters. The molecule has 216 valence electrons. The Morgan fingerprint density at radius 1 is 1.02 bits per heavy atom. The van der Waals surface area contributed by atoms with Crippen LogP contribution in [0.5, 0.6) is 11.5 Å². The second kappa shape index (κ2) is 11.4. The number of rotatable bonds is 8. The van der Waals surface area contributed by atoms with E-state index in [0.29, 0.717) is 16.5 Å². The molecular formula is C32H33N5O4S. The van der Waals surface area contributed by atoms with Crippen LogP contribution in [0.15, 0.2) is 72.9 Å². The van der Waals surface area contributed by atoms with Gasteiger partial charge in [0, 0.05) is 23.3 Å². The molecule has 0 spiro atoms. The molecule has 1 saturated heterocycles. The fraction of sp³-hybridized carbons (Fsp3) is 0.312. The van der Waals surface area contributed by atoms with Crippen LogP contribution >= 0.6 is 12.2 Å². The number of hydrogen-bond donors (Lipinski definition) is 1. The van der Waals surface area contributed by atoms with Gasteiger partial charge in [-0.05, 0) is 112 Å². The quantitative estimate of drug-likeness (QED) is 0.136. The van der Waals surface area contributed by atoms with E-state index in [4.69, 9.17) is 21.7 Å². The first kappa shape index (κ1) is 27.7. The lowest BCUT2D eigenvalue weighted by atomic mass is 9.96. The Hall–Kier alpha value is -4.44. The molecule has 2 aromatic carbocycles. The standard InChI is InChI=1S/C32H33N5O4S/c1-20-18-26(21(2)35(20)28-16-15-25(40-3)19-29(28)37(38)39)31-30(27-10-6-7-17-33-27)34-32(42)36(31)22-11-13-24(14-12-22)41-23-8-4-5-9-23/h6-7,10-19,23,30-31H,4-5,8-9H2,1-3H3,(H,34,42)/t30-,31-/m1/s1. The lowest BCUT2D eigenvalue weighted by Crippen LogP contribution is -2.29. The molecule has 0 unspecified atom stereocenters. The summed E-state index contributed by atoms with van der Waals surface area (Å²) in [5.74, 6) is 1.28. The summed E-state index contributed by atoms with van der Waals surface area (Å²) in [6.45, 7) is 3.95. The predicted molar refractivity (Wildman–Crippen MR) is 166 cm³/mol. The molecule has 2 aromatic heterocycles. The van der Waals surface area contributed by atoms with E-state index in [0.717, 1.165) is 46.9 Å². The highest BCUT2D eigenvalue weighted by Gasteiger charge is 2.42. The van der Waals surface area contributed by atoms with Gasteiger partial charge in [0.2, 0.25) is 0 Å². The van der Waals surface area contributed by atoms with Gasteiger partial charge in [-0.3, -0.25) is 15.1 Å². The number of methoxy groups -OCH3 is 1. The zero-order chi connectivity index (χ0) is 29.4. The van der Waals surface area contributed by atoms with Gasteiger partial charge in [-0.15, -0.1) is 0 Å². The van der Waals surface area contributed by atoms with E-state index in [1.807, 2.05) is 60.9 Å². The molecular weight excluding hydrogens is 550 g/mol. The van der Waals surface area contributed by atoms with Crippen LogP contribution in [-0.4, -0.2) is 32.8 Å². The summed E-state index contributed by atoms with van der Waals surface area (Å²) in [6, 6.07) is 20.5. The Morgan fingerprint density at radius 2 is 1.76 bits per heavy atom. The number of pyridine rings is 1. The van der Waals surface area contributed by atoms with Gasteiger partial charge in [0.1, 0.15) is 17.2 Å².